The highest BCUT2D eigenvalue weighted by Crippen LogP contribution is 2.33. The maximum atomic E-state index is 13.1. The molecule has 0 amide bonds. The third-order valence-electron chi connectivity index (χ3n) is 4.02. The zero-order valence-electron chi connectivity index (χ0n) is 12.1. The van der Waals surface area contributed by atoms with E-state index in [0.717, 1.165) is 11.0 Å². The van der Waals surface area contributed by atoms with Crippen molar-refractivity contribution in [2.24, 2.45) is 0 Å². The van der Waals surface area contributed by atoms with Crippen LogP contribution in [-0.2, 0) is 10.0 Å². The van der Waals surface area contributed by atoms with Gasteiger partial charge in [-0.15, -0.1) is 0 Å². The Morgan fingerprint density at radius 1 is 1.29 bits per heavy atom. The standard InChI is InChI=1S/C16H18N2O2S/c1-12-5-4-9-16(2,11-12)21(19,20)18-10-8-13-14(17)6-3-7-15(13)18/h3-8,10-11H,9,17H2,1-2H3. The van der Waals surface area contributed by atoms with Crippen LogP contribution >= 0.6 is 0 Å². The topological polar surface area (TPSA) is 65.1 Å². The Morgan fingerprint density at radius 2 is 2.05 bits per heavy atom. The summed E-state index contributed by atoms with van der Waals surface area (Å²) in [6, 6.07) is 7.07. The van der Waals surface area contributed by atoms with Gasteiger partial charge < -0.3 is 5.73 Å². The SMILES string of the molecule is CC1=CC(C)(S(=O)(=O)n2ccc3c(N)cccc32)CC=C1. The summed E-state index contributed by atoms with van der Waals surface area (Å²) in [7, 11) is -3.56. The molecule has 1 aliphatic carbocycles. The van der Waals surface area contributed by atoms with E-state index in [9.17, 15) is 8.42 Å². The van der Waals surface area contributed by atoms with Gasteiger partial charge in [-0.05, 0) is 38.5 Å². The zero-order valence-corrected chi connectivity index (χ0v) is 12.9. The van der Waals surface area contributed by atoms with Gasteiger partial charge >= 0.3 is 0 Å². The van der Waals surface area contributed by atoms with Crippen molar-refractivity contribution >= 4 is 26.6 Å². The molecule has 0 aliphatic heterocycles. The van der Waals surface area contributed by atoms with Crippen LogP contribution in [0.4, 0.5) is 5.69 Å². The zero-order chi connectivity index (χ0) is 15.3. The second-order valence-electron chi connectivity index (χ2n) is 5.70. The Balaban J connectivity index is 2.22. The summed E-state index contributed by atoms with van der Waals surface area (Å²) >= 11 is 0. The smallest absolute Gasteiger partial charge is 0.248 e. The number of benzene rings is 1. The molecule has 2 aromatic rings. The van der Waals surface area contributed by atoms with Crippen LogP contribution in [0.2, 0.25) is 0 Å². The van der Waals surface area contributed by atoms with Crippen LogP contribution in [-0.4, -0.2) is 17.1 Å². The molecule has 21 heavy (non-hydrogen) atoms. The van der Waals surface area contributed by atoms with Crippen molar-refractivity contribution in [3.8, 4) is 0 Å². The van der Waals surface area contributed by atoms with Crippen LogP contribution < -0.4 is 5.73 Å². The minimum atomic E-state index is -3.56. The molecule has 2 N–H and O–H groups in total. The predicted octanol–water partition coefficient (Wildman–Crippen LogP) is 3.07. The highest BCUT2D eigenvalue weighted by molar-refractivity contribution is 7.91. The lowest BCUT2D eigenvalue weighted by molar-refractivity contribution is 0.554. The fourth-order valence-electron chi connectivity index (χ4n) is 2.85. The average molecular weight is 302 g/mol. The number of fused-ring (bicyclic) bond motifs is 1. The van der Waals surface area contributed by atoms with E-state index in [0.29, 0.717) is 17.6 Å². The van der Waals surface area contributed by atoms with Crippen LogP contribution in [0.25, 0.3) is 10.9 Å². The fraction of sp³-hybridized carbons (Fsp3) is 0.250. The maximum absolute atomic E-state index is 13.1. The normalized spacial score (nSPS) is 22.5. The molecule has 1 heterocycles. The quantitative estimate of drug-likeness (QED) is 0.867. The van der Waals surface area contributed by atoms with Gasteiger partial charge in [-0.25, -0.2) is 12.4 Å². The fourth-order valence-corrected chi connectivity index (χ4v) is 4.58. The van der Waals surface area contributed by atoms with Crippen LogP contribution in [0.15, 0.2) is 54.3 Å². The first-order valence-electron chi connectivity index (χ1n) is 6.82. The second-order valence-corrected chi connectivity index (χ2v) is 7.98. The highest BCUT2D eigenvalue weighted by atomic mass is 32.2. The molecule has 5 heteroatoms. The summed E-state index contributed by atoms with van der Waals surface area (Å²) in [6.45, 7) is 3.67. The van der Waals surface area contributed by atoms with Crippen LogP contribution in [0.5, 0.6) is 0 Å². The van der Waals surface area contributed by atoms with Gasteiger partial charge in [0, 0.05) is 17.3 Å². The lowest BCUT2D eigenvalue weighted by atomic mass is 9.98. The van der Waals surface area contributed by atoms with Gasteiger partial charge in [0.1, 0.15) is 4.75 Å². The molecule has 110 valence electrons. The van der Waals surface area contributed by atoms with Crippen molar-refractivity contribution in [1.82, 2.24) is 3.97 Å². The Bertz CT molecular complexity index is 875. The van der Waals surface area contributed by atoms with Gasteiger partial charge in [-0.1, -0.05) is 29.9 Å². The molecule has 0 spiro atoms. The van der Waals surface area contributed by atoms with E-state index in [2.05, 4.69) is 0 Å². The Kier molecular flexibility index (Phi) is 2.99. The molecule has 1 aromatic carbocycles. The number of nitrogens with zero attached hydrogens (tertiary/aromatic N) is 1. The highest BCUT2D eigenvalue weighted by Gasteiger charge is 2.39. The molecule has 1 aromatic heterocycles. The second kappa shape index (κ2) is 4.49. The number of anilines is 1. The summed E-state index contributed by atoms with van der Waals surface area (Å²) in [5.41, 5.74) is 8.08. The molecule has 1 aliphatic rings. The van der Waals surface area contributed by atoms with Gasteiger partial charge in [0.15, 0.2) is 0 Å². The number of rotatable bonds is 2. The van der Waals surface area contributed by atoms with E-state index in [-0.39, 0.29) is 0 Å². The van der Waals surface area contributed by atoms with Crippen molar-refractivity contribution in [2.45, 2.75) is 25.0 Å². The number of nitrogen functional groups attached to an aromatic ring is 1. The van der Waals surface area contributed by atoms with E-state index in [4.69, 9.17) is 5.73 Å². The summed E-state index contributed by atoms with van der Waals surface area (Å²) < 4.78 is 26.6. The van der Waals surface area contributed by atoms with E-state index in [1.807, 2.05) is 25.2 Å². The first-order chi connectivity index (χ1) is 9.85. The molecule has 3 rings (SSSR count). The van der Waals surface area contributed by atoms with Crippen molar-refractivity contribution in [2.75, 3.05) is 5.73 Å². The predicted molar refractivity (Wildman–Crippen MR) is 86.6 cm³/mol. The van der Waals surface area contributed by atoms with Crippen molar-refractivity contribution in [1.29, 1.82) is 0 Å². The lowest BCUT2D eigenvalue weighted by Crippen LogP contribution is -2.38. The van der Waals surface area contributed by atoms with Crippen molar-refractivity contribution < 1.29 is 8.42 Å². The third kappa shape index (κ3) is 2.00. The number of allylic oxidation sites excluding steroid dienone is 3. The molecular formula is C16H18N2O2S. The summed E-state index contributed by atoms with van der Waals surface area (Å²) in [4.78, 5) is 0. The van der Waals surface area contributed by atoms with Crippen LogP contribution in [0.3, 0.4) is 0 Å². The molecule has 0 bridgehead atoms. The Labute approximate surface area is 124 Å². The van der Waals surface area contributed by atoms with E-state index in [1.54, 1.807) is 37.4 Å². The van der Waals surface area contributed by atoms with Gasteiger partial charge in [0.2, 0.25) is 10.0 Å². The molecule has 0 saturated heterocycles. The molecule has 4 nitrogen and oxygen atoms in total. The van der Waals surface area contributed by atoms with E-state index >= 15 is 0 Å². The first kappa shape index (κ1) is 13.9. The summed E-state index contributed by atoms with van der Waals surface area (Å²) in [5.74, 6) is 0. The maximum Gasteiger partial charge on any atom is 0.248 e. The van der Waals surface area contributed by atoms with Gasteiger partial charge in [-0.2, -0.15) is 0 Å². The van der Waals surface area contributed by atoms with E-state index < -0.39 is 14.8 Å². The van der Waals surface area contributed by atoms with E-state index in [1.165, 1.54) is 3.97 Å². The summed E-state index contributed by atoms with van der Waals surface area (Å²) in [5, 5.41) is 0.761. The van der Waals surface area contributed by atoms with Crippen LogP contribution in [0.1, 0.15) is 20.3 Å². The third-order valence-corrected chi connectivity index (χ3v) is 6.32. The first-order valence-corrected chi connectivity index (χ1v) is 8.26. The van der Waals surface area contributed by atoms with Gasteiger partial charge in [-0.3, -0.25) is 0 Å². The van der Waals surface area contributed by atoms with Gasteiger partial charge in [0.05, 0.1) is 5.52 Å². The minimum absolute atomic E-state index is 0.467. The number of nitrogens with two attached hydrogens (primary N) is 1. The number of hydrogen-bond donors (Lipinski definition) is 1. The Hall–Kier alpha value is -2.01. The van der Waals surface area contributed by atoms with Crippen molar-refractivity contribution in [3.63, 3.8) is 0 Å². The minimum Gasteiger partial charge on any atom is -0.398 e. The molecule has 0 radical (unpaired) electrons. The number of aromatic nitrogens is 1. The Morgan fingerprint density at radius 3 is 2.76 bits per heavy atom. The molecular weight excluding hydrogens is 284 g/mol. The summed E-state index contributed by atoms with van der Waals surface area (Å²) in [6.07, 6.45) is 7.73. The van der Waals surface area contributed by atoms with Crippen molar-refractivity contribution in [3.05, 3.63) is 54.3 Å². The molecule has 1 atom stereocenters. The van der Waals surface area contributed by atoms with Gasteiger partial charge in [0.25, 0.3) is 0 Å². The number of hydrogen-bond acceptors (Lipinski definition) is 3. The average Bonchev–Trinajstić information content (AvgIpc) is 2.84. The lowest BCUT2D eigenvalue weighted by Gasteiger charge is -2.28. The monoisotopic (exact) mass is 302 g/mol. The molecule has 0 fully saturated rings. The molecule has 1 unspecified atom stereocenters. The largest absolute Gasteiger partial charge is 0.398 e. The molecule has 0 saturated carbocycles. The van der Waals surface area contributed by atoms with Crippen LogP contribution in [0, 0.1) is 0 Å².